The fourth-order valence-corrected chi connectivity index (χ4v) is 5.16. The van der Waals surface area contributed by atoms with Crippen LogP contribution in [0.3, 0.4) is 0 Å². The molecule has 0 spiro atoms. The minimum absolute atomic E-state index is 0.276. The lowest BCUT2D eigenvalue weighted by molar-refractivity contribution is 0.0853. The van der Waals surface area contributed by atoms with Gasteiger partial charge in [0.15, 0.2) is 40.6 Å². The Morgan fingerprint density at radius 3 is 1.73 bits per heavy atom. The monoisotopic (exact) mass is 607 g/mol. The highest BCUT2D eigenvalue weighted by Gasteiger charge is 2.27. The Morgan fingerprint density at radius 2 is 1.16 bits per heavy atom. The van der Waals surface area contributed by atoms with Gasteiger partial charge in [0.25, 0.3) is 0 Å². The molecule has 4 rings (SSSR count). The lowest BCUT2D eigenvalue weighted by atomic mass is 9.99. The fraction of sp³-hybridized carbons (Fsp3) is 0.457. The molecule has 0 bridgehead atoms. The van der Waals surface area contributed by atoms with Gasteiger partial charge in [-0.25, -0.2) is 0 Å². The number of benzene rings is 3. The first-order valence-electron chi connectivity index (χ1n) is 15.1. The molecule has 1 aliphatic heterocycles. The van der Waals surface area contributed by atoms with Gasteiger partial charge < -0.3 is 38.0 Å². The molecule has 1 heterocycles. The Kier molecular flexibility index (Phi) is 12.3. The van der Waals surface area contributed by atoms with Gasteiger partial charge in [0, 0.05) is 17.5 Å². The summed E-state index contributed by atoms with van der Waals surface area (Å²) < 4.78 is 39.5. The van der Waals surface area contributed by atoms with Gasteiger partial charge >= 0.3 is 0 Å². The van der Waals surface area contributed by atoms with Crippen molar-refractivity contribution in [1.29, 1.82) is 0 Å². The van der Waals surface area contributed by atoms with Crippen LogP contribution >= 0.6 is 0 Å². The van der Waals surface area contributed by atoms with E-state index >= 15 is 0 Å². The van der Waals surface area contributed by atoms with Crippen molar-refractivity contribution in [2.24, 2.45) is 5.16 Å². The number of nitrogens with zero attached hydrogens (tertiary/aromatic N) is 1. The van der Waals surface area contributed by atoms with Crippen molar-refractivity contribution in [1.82, 2.24) is 0 Å². The third-order valence-corrected chi connectivity index (χ3v) is 7.60. The Labute approximate surface area is 261 Å². The molecule has 0 N–H and O–H groups in total. The minimum atomic E-state index is -0.276. The average molecular weight is 608 g/mol. The zero-order valence-corrected chi connectivity index (χ0v) is 26.8. The van der Waals surface area contributed by atoms with Crippen molar-refractivity contribution in [2.75, 3.05) is 48.8 Å². The summed E-state index contributed by atoms with van der Waals surface area (Å²) in [4.78, 5) is 5.82. The summed E-state index contributed by atoms with van der Waals surface area (Å²) in [5.74, 6) is 4.68. The Hall–Kier alpha value is -4.27. The Morgan fingerprint density at radius 1 is 0.614 bits per heavy atom. The van der Waals surface area contributed by atoms with Gasteiger partial charge in [0.05, 0.1) is 54.5 Å². The summed E-state index contributed by atoms with van der Waals surface area (Å²) in [7, 11) is 8.10. The van der Waals surface area contributed by atoms with E-state index < -0.39 is 0 Å². The van der Waals surface area contributed by atoms with E-state index in [9.17, 15) is 0 Å². The van der Waals surface area contributed by atoms with Gasteiger partial charge in [-0.15, -0.1) is 0 Å². The number of rotatable bonds is 18. The predicted octanol–water partition coefficient (Wildman–Crippen LogP) is 7.70. The van der Waals surface area contributed by atoms with Crippen molar-refractivity contribution in [3.63, 3.8) is 0 Å². The van der Waals surface area contributed by atoms with Crippen LogP contribution in [-0.4, -0.2) is 54.5 Å². The molecule has 0 aliphatic carbocycles. The Balaban J connectivity index is 1.21. The standard InChI is InChI=1S/C35H45NO8/c1-24-13-15-28(37-2)31(19-24)42-17-11-9-7-8-10-12-18-43-32-20-25(14-16-29(32)38-3)27-23-30(44-36-27)26-21-33(39-4)35(41-6)34(22-26)40-5/h13-16,19-22,30H,7-12,17-18,23H2,1-6H3. The van der Waals surface area contributed by atoms with Gasteiger partial charge in [-0.1, -0.05) is 36.9 Å². The molecule has 0 saturated carbocycles. The van der Waals surface area contributed by atoms with Crippen molar-refractivity contribution >= 4 is 5.71 Å². The van der Waals surface area contributed by atoms with Crippen LogP contribution in [0.1, 0.15) is 67.7 Å². The van der Waals surface area contributed by atoms with Gasteiger partial charge in [-0.05, 0) is 67.8 Å². The van der Waals surface area contributed by atoms with Gasteiger partial charge in [0.2, 0.25) is 5.75 Å². The summed E-state index contributed by atoms with van der Waals surface area (Å²) in [6.45, 7) is 3.36. The van der Waals surface area contributed by atoms with E-state index in [0.717, 1.165) is 66.0 Å². The quantitative estimate of drug-likeness (QED) is 0.136. The van der Waals surface area contributed by atoms with Gasteiger partial charge in [-0.2, -0.15) is 0 Å². The maximum absolute atomic E-state index is 6.15. The third kappa shape index (κ3) is 8.42. The lowest BCUT2D eigenvalue weighted by Crippen LogP contribution is -2.05. The van der Waals surface area contributed by atoms with Crippen LogP contribution in [0, 0.1) is 6.92 Å². The molecule has 0 amide bonds. The van der Waals surface area contributed by atoms with Crippen LogP contribution in [0.25, 0.3) is 0 Å². The molecule has 44 heavy (non-hydrogen) atoms. The first kappa shape index (κ1) is 32.6. The number of oxime groups is 1. The fourth-order valence-electron chi connectivity index (χ4n) is 5.16. The average Bonchev–Trinajstić information content (AvgIpc) is 3.55. The van der Waals surface area contributed by atoms with Gasteiger partial charge in [-0.3, -0.25) is 0 Å². The zero-order chi connectivity index (χ0) is 31.3. The number of unbranched alkanes of at least 4 members (excludes halogenated alkanes) is 5. The van der Waals surface area contributed by atoms with E-state index in [-0.39, 0.29) is 6.10 Å². The molecule has 0 radical (unpaired) electrons. The van der Waals surface area contributed by atoms with E-state index in [4.69, 9.17) is 38.0 Å². The molecule has 238 valence electrons. The van der Waals surface area contributed by atoms with E-state index in [1.54, 1.807) is 35.5 Å². The molecule has 0 fully saturated rings. The highest BCUT2D eigenvalue weighted by Crippen LogP contribution is 2.42. The lowest BCUT2D eigenvalue weighted by Gasteiger charge is -2.16. The van der Waals surface area contributed by atoms with E-state index in [1.165, 1.54) is 6.42 Å². The number of methoxy groups -OCH3 is 5. The molecule has 1 aliphatic rings. The van der Waals surface area contributed by atoms with Crippen molar-refractivity contribution < 1.29 is 38.0 Å². The van der Waals surface area contributed by atoms with Crippen molar-refractivity contribution in [3.05, 3.63) is 65.2 Å². The van der Waals surface area contributed by atoms with E-state index in [0.29, 0.717) is 48.4 Å². The Bertz CT molecular complexity index is 1360. The molecule has 3 aromatic rings. The van der Waals surface area contributed by atoms with Crippen LogP contribution in [0.5, 0.6) is 40.2 Å². The summed E-state index contributed by atoms with van der Waals surface area (Å²) in [6, 6.07) is 15.6. The maximum atomic E-state index is 6.15. The maximum Gasteiger partial charge on any atom is 0.203 e. The third-order valence-electron chi connectivity index (χ3n) is 7.60. The molecule has 3 aromatic carbocycles. The summed E-state index contributed by atoms with van der Waals surface area (Å²) in [5.41, 5.74) is 3.82. The summed E-state index contributed by atoms with van der Waals surface area (Å²) in [5, 5.41) is 4.39. The van der Waals surface area contributed by atoms with Crippen LogP contribution in [-0.2, 0) is 4.84 Å². The minimum Gasteiger partial charge on any atom is -0.493 e. The van der Waals surface area contributed by atoms with Crippen LogP contribution < -0.4 is 33.2 Å². The number of aryl methyl sites for hydroxylation is 1. The largest absolute Gasteiger partial charge is 0.493 e. The molecule has 1 unspecified atom stereocenters. The topological polar surface area (TPSA) is 86.2 Å². The number of ether oxygens (including phenoxy) is 7. The molecule has 9 nitrogen and oxygen atoms in total. The SMILES string of the molecule is COc1ccc(C)cc1OCCCCCCCCOc1cc(C2=NOC(c3cc(OC)c(OC)c(OC)c3)C2)ccc1OC. The zero-order valence-electron chi connectivity index (χ0n) is 26.8. The normalized spacial score (nSPS) is 14.0. The second-order valence-electron chi connectivity index (χ2n) is 10.6. The smallest absolute Gasteiger partial charge is 0.203 e. The summed E-state index contributed by atoms with van der Waals surface area (Å²) >= 11 is 0. The highest BCUT2D eigenvalue weighted by molar-refractivity contribution is 6.01. The number of hydrogen-bond acceptors (Lipinski definition) is 9. The second-order valence-corrected chi connectivity index (χ2v) is 10.6. The van der Waals surface area contributed by atoms with E-state index in [1.807, 2.05) is 48.5 Å². The molecular formula is C35H45NO8. The first-order valence-corrected chi connectivity index (χ1v) is 15.1. The molecule has 0 saturated heterocycles. The number of hydrogen-bond donors (Lipinski definition) is 0. The molecule has 1 atom stereocenters. The van der Waals surface area contributed by atoms with Crippen LogP contribution in [0.2, 0.25) is 0 Å². The van der Waals surface area contributed by atoms with Crippen LogP contribution in [0.15, 0.2) is 53.7 Å². The highest BCUT2D eigenvalue weighted by atomic mass is 16.6. The van der Waals surface area contributed by atoms with E-state index in [2.05, 4.69) is 12.1 Å². The van der Waals surface area contributed by atoms with Crippen molar-refractivity contribution in [2.45, 2.75) is 58.0 Å². The van der Waals surface area contributed by atoms with Crippen LogP contribution in [0.4, 0.5) is 0 Å². The second kappa shape index (κ2) is 16.5. The summed E-state index contributed by atoms with van der Waals surface area (Å²) in [6.07, 6.45) is 6.86. The predicted molar refractivity (Wildman–Crippen MR) is 170 cm³/mol. The van der Waals surface area contributed by atoms with Gasteiger partial charge in [0.1, 0.15) is 0 Å². The van der Waals surface area contributed by atoms with Crippen molar-refractivity contribution in [3.8, 4) is 40.2 Å². The molecule has 0 aromatic heterocycles. The molecular weight excluding hydrogens is 562 g/mol. The first-order chi connectivity index (χ1) is 21.5. The molecule has 9 heteroatoms.